The minimum absolute atomic E-state index is 0.169. The maximum absolute atomic E-state index is 13.9. The number of aryl methyl sites for hydroxylation is 2. The summed E-state index contributed by atoms with van der Waals surface area (Å²) in [7, 11) is 3.76. The largest absolute Gasteiger partial charge is 0.381 e. The monoisotopic (exact) mass is 415 g/mol. The van der Waals surface area contributed by atoms with Gasteiger partial charge in [0.25, 0.3) is 0 Å². The highest BCUT2D eigenvalue weighted by atomic mass is 19.1. The molecule has 6 nitrogen and oxygen atoms in total. The van der Waals surface area contributed by atoms with Gasteiger partial charge in [0.2, 0.25) is 0 Å². The van der Waals surface area contributed by atoms with Gasteiger partial charge in [0.15, 0.2) is 5.96 Å². The second-order valence-electron chi connectivity index (χ2n) is 8.35. The molecule has 0 amide bonds. The van der Waals surface area contributed by atoms with E-state index in [0.29, 0.717) is 19.8 Å². The molecule has 164 valence electrons. The zero-order valence-corrected chi connectivity index (χ0v) is 18.8. The van der Waals surface area contributed by atoms with Gasteiger partial charge >= 0.3 is 0 Å². The molecule has 1 aromatic heterocycles. The van der Waals surface area contributed by atoms with Crippen molar-refractivity contribution >= 4 is 5.96 Å². The number of aromatic nitrogens is 2. The summed E-state index contributed by atoms with van der Waals surface area (Å²) in [6.07, 6.45) is 2.57. The van der Waals surface area contributed by atoms with Crippen LogP contribution in [-0.2, 0) is 23.6 Å². The van der Waals surface area contributed by atoms with Gasteiger partial charge < -0.3 is 15.4 Å². The molecule has 0 radical (unpaired) electrons. The Hall–Kier alpha value is -2.41. The molecular weight excluding hydrogens is 381 g/mol. The van der Waals surface area contributed by atoms with Crippen LogP contribution in [0.2, 0.25) is 0 Å². The van der Waals surface area contributed by atoms with Crippen LogP contribution in [0.3, 0.4) is 0 Å². The van der Waals surface area contributed by atoms with Crippen LogP contribution in [-0.4, -0.2) is 48.6 Å². The molecular formula is C23H34FN5O. The van der Waals surface area contributed by atoms with Crippen molar-refractivity contribution in [2.24, 2.45) is 12.0 Å². The SMILES string of the molecule is CN=C(NCC1(c2cccc(F)c2)CCOCC1)NC(C)Cc1c(C)nn(C)c1C. The van der Waals surface area contributed by atoms with Gasteiger partial charge in [-0.3, -0.25) is 9.67 Å². The van der Waals surface area contributed by atoms with E-state index >= 15 is 0 Å². The number of aliphatic imine (C=N–C) groups is 1. The highest BCUT2D eigenvalue weighted by Crippen LogP contribution is 2.34. The first-order valence-electron chi connectivity index (χ1n) is 10.6. The van der Waals surface area contributed by atoms with Crippen LogP contribution in [0.25, 0.3) is 0 Å². The predicted molar refractivity (Wildman–Crippen MR) is 118 cm³/mol. The summed E-state index contributed by atoms with van der Waals surface area (Å²) in [6.45, 7) is 8.34. The lowest BCUT2D eigenvalue weighted by molar-refractivity contribution is 0.0512. The van der Waals surface area contributed by atoms with Gasteiger partial charge in [-0.05, 0) is 63.3 Å². The van der Waals surface area contributed by atoms with E-state index in [1.54, 1.807) is 19.2 Å². The Balaban J connectivity index is 1.67. The number of rotatable bonds is 6. The number of halogens is 1. The number of hydrogen-bond donors (Lipinski definition) is 2. The Morgan fingerprint density at radius 1 is 1.33 bits per heavy atom. The summed E-state index contributed by atoms with van der Waals surface area (Å²) in [5.74, 6) is 0.556. The molecule has 1 fully saturated rings. The fourth-order valence-electron chi connectivity index (χ4n) is 4.30. The number of benzene rings is 1. The third kappa shape index (κ3) is 5.01. The molecule has 1 atom stereocenters. The molecule has 0 aliphatic carbocycles. The van der Waals surface area contributed by atoms with Crippen molar-refractivity contribution in [2.45, 2.75) is 51.5 Å². The molecule has 30 heavy (non-hydrogen) atoms. The number of nitrogens with zero attached hydrogens (tertiary/aromatic N) is 3. The third-order valence-electron chi connectivity index (χ3n) is 6.26. The van der Waals surface area contributed by atoms with Crippen molar-refractivity contribution in [3.63, 3.8) is 0 Å². The molecule has 1 unspecified atom stereocenters. The maximum atomic E-state index is 13.9. The Morgan fingerprint density at radius 2 is 2.07 bits per heavy atom. The molecule has 1 aromatic carbocycles. The standard InChI is InChI=1S/C23H34FN5O/c1-16(13-21-17(2)28-29(5)18(21)3)27-22(25-4)26-15-23(9-11-30-12-10-23)19-7-6-8-20(24)14-19/h6-8,14,16H,9-13,15H2,1-5H3,(H2,25,26,27). The van der Waals surface area contributed by atoms with E-state index in [2.05, 4.69) is 41.5 Å². The van der Waals surface area contributed by atoms with E-state index < -0.39 is 0 Å². The normalized spacial score (nSPS) is 17.6. The van der Waals surface area contributed by atoms with Gasteiger partial charge in [-0.25, -0.2) is 4.39 Å². The Kier molecular flexibility index (Phi) is 7.13. The van der Waals surface area contributed by atoms with E-state index in [9.17, 15) is 4.39 Å². The smallest absolute Gasteiger partial charge is 0.191 e. The number of nitrogens with one attached hydrogen (secondary N) is 2. The molecule has 3 rings (SSSR count). The molecule has 0 bridgehead atoms. The fourth-order valence-corrected chi connectivity index (χ4v) is 4.30. The lowest BCUT2D eigenvalue weighted by Gasteiger charge is -2.38. The number of ether oxygens (including phenoxy) is 1. The Labute approximate surface area is 178 Å². The molecule has 2 aromatic rings. The van der Waals surface area contributed by atoms with Crippen molar-refractivity contribution in [3.8, 4) is 0 Å². The lowest BCUT2D eigenvalue weighted by Crippen LogP contribution is -2.50. The maximum Gasteiger partial charge on any atom is 0.191 e. The van der Waals surface area contributed by atoms with E-state index in [0.717, 1.165) is 36.5 Å². The molecule has 0 saturated carbocycles. The van der Waals surface area contributed by atoms with Crippen molar-refractivity contribution < 1.29 is 9.13 Å². The lowest BCUT2D eigenvalue weighted by atomic mass is 9.74. The van der Waals surface area contributed by atoms with Gasteiger partial charge in [0, 0.05) is 51.0 Å². The predicted octanol–water partition coefficient (Wildman–Crippen LogP) is 3.02. The average molecular weight is 416 g/mol. The molecule has 1 aliphatic heterocycles. The van der Waals surface area contributed by atoms with Crippen LogP contribution in [0.15, 0.2) is 29.3 Å². The minimum Gasteiger partial charge on any atom is -0.381 e. The summed E-state index contributed by atoms with van der Waals surface area (Å²) >= 11 is 0. The van der Waals surface area contributed by atoms with E-state index in [-0.39, 0.29) is 17.3 Å². The van der Waals surface area contributed by atoms with Crippen molar-refractivity contribution in [2.75, 3.05) is 26.8 Å². The number of guanidine groups is 1. The first-order valence-corrected chi connectivity index (χ1v) is 10.6. The van der Waals surface area contributed by atoms with Crippen LogP contribution in [0, 0.1) is 19.7 Å². The highest BCUT2D eigenvalue weighted by molar-refractivity contribution is 5.80. The summed E-state index contributed by atoms with van der Waals surface area (Å²) < 4.78 is 21.4. The molecule has 2 N–H and O–H groups in total. The molecule has 1 aliphatic rings. The van der Waals surface area contributed by atoms with Gasteiger partial charge in [-0.1, -0.05) is 12.1 Å². The van der Waals surface area contributed by atoms with Crippen molar-refractivity contribution in [1.29, 1.82) is 0 Å². The van der Waals surface area contributed by atoms with Gasteiger partial charge in [-0.2, -0.15) is 5.10 Å². The van der Waals surface area contributed by atoms with E-state index in [1.807, 2.05) is 17.8 Å². The second kappa shape index (κ2) is 9.60. The Morgan fingerprint density at radius 3 is 2.67 bits per heavy atom. The summed E-state index contributed by atoms with van der Waals surface area (Å²) in [5, 5.41) is 11.5. The zero-order chi connectivity index (χ0) is 21.7. The molecule has 7 heteroatoms. The Bertz CT molecular complexity index is 886. The molecule has 2 heterocycles. The van der Waals surface area contributed by atoms with Crippen molar-refractivity contribution in [3.05, 3.63) is 52.6 Å². The van der Waals surface area contributed by atoms with Crippen LogP contribution >= 0.6 is 0 Å². The first kappa shape index (κ1) is 22.3. The van der Waals surface area contributed by atoms with Crippen LogP contribution in [0.4, 0.5) is 4.39 Å². The van der Waals surface area contributed by atoms with E-state index in [4.69, 9.17) is 4.74 Å². The summed E-state index contributed by atoms with van der Waals surface area (Å²) in [6, 6.07) is 7.14. The zero-order valence-electron chi connectivity index (χ0n) is 18.8. The summed E-state index contributed by atoms with van der Waals surface area (Å²) in [4.78, 5) is 4.41. The van der Waals surface area contributed by atoms with Gasteiger partial charge in [-0.15, -0.1) is 0 Å². The third-order valence-corrected chi connectivity index (χ3v) is 6.26. The van der Waals surface area contributed by atoms with Gasteiger partial charge in [0.1, 0.15) is 5.82 Å². The van der Waals surface area contributed by atoms with Gasteiger partial charge in [0.05, 0.1) is 5.69 Å². The van der Waals surface area contributed by atoms with Crippen LogP contribution in [0.5, 0.6) is 0 Å². The number of hydrogen-bond acceptors (Lipinski definition) is 3. The first-order chi connectivity index (χ1) is 14.3. The minimum atomic E-state index is -0.197. The van der Waals surface area contributed by atoms with Crippen molar-refractivity contribution in [1.82, 2.24) is 20.4 Å². The summed E-state index contributed by atoms with van der Waals surface area (Å²) in [5.41, 5.74) is 4.38. The molecule has 0 spiro atoms. The molecule has 1 saturated heterocycles. The van der Waals surface area contributed by atoms with Crippen LogP contribution < -0.4 is 10.6 Å². The topological polar surface area (TPSA) is 63.5 Å². The second-order valence-corrected chi connectivity index (χ2v) is 8.35. The fraction of sp³-hybridized carbons (Fsp3) is 0.565. The van der Waals surface area contributed by atoms with E-state index in [1.165, 1.54) is 17.3 Å². The van der Waals surface area contributed by atoms with Crippen LogP contribution in [0.1, 0.15) is 42.3 Å². The average Bonchev–Trinajstić information content (AvgIpc) is 2.97. The highest BCUT2D eigenvalue weighted by Gasteiger charge is 2.35. The quantitative estimate of drug-likeness (QED) is 0.562.